The van der Waals surface area contributed by atoms with E-state index in [9.17, 15) is 0 Å². The van der Waals surface area contributed by atoms with E-state index in [1.807, 2.05) is 0 Å². The van der Waals surface area contributed by atoms with Crippen LogP contribution in [0.2, 0.25) is 0 Å². The Hall–Kier alpha value is -0.860. The second kappa shape index (κ2) is 6.91. The van der Waals surface area contributed by atoms with E-state index >= 15 is 0 Å². The van der Waals surface area contributed by atoms with Gasteiger partial charge in [-0.3, -0.25) is 0 Å². The van der Waals surface area contributed by atoms with Crippen molar-refractivity contribution in [3.05, 3.63) is 35.9 Å². The van der Waals surface area contributed by atoms with Crippen LogP contribution in [0.15, 0.2) is 30.3 Å². The normalized spacial score (nSPS) is 25.2. The van der Waals surface area contributed by atoms with Crippen molar-refractivity contribution in [2.75, 3.05) is 20.3 Å². The first-order valence-corrected chi connectivity index (χ1v) is 7.08. The number of methoxy groups -OCH3 is 1. The zero-order chi connectivity index (χ0) is 12.8. The molecule has 2 nitrogen and oxygen atoms in total. The average Bonchev–Trinajstić information content (AvgIpc) is 2.81. The lowest BCUT2D eigenvalue weighted by molar-refractivity contribution is 0.163. The van der Waals surface area contributed by atoms with Gasteiger partial charge in [-0.25, -0.2) is 0 Å². The Morgan fingerprint density at radius 1 is 1.28 bits per heavy atom. The lowest BCUT2D eigenvalue weighted by atomic mass is 9.97. The quantitative estimate of drug-likeness (QED) is 0.832. The SMILES string of the molecule is COCC(NCC1CCCC1C)c1ccccc1. The molecular weight excluding hydrogens is 222 g/mol. The fraction of sp³-hybridized carbons (Fsp3) is 0.625. The molecule has 0 aliphatic heterocycles. The van der Waals surface area contributed by atoms with Crippen LogP contribution in [0.25, 0.3) is 0 Å². The third-order valence-electron chi connectivity index (χ3n) is 4.20. The lowest BCUT2D eigenvalue weighted by Gasteiger charge is -2.22. The first-order valence-electron chi connectivity index (χ1n) is 7.08. The van der Waals surface area contributed by atoms with E-state index in [0.29, 0.717) is 6.04 Å². The monoisotopic (exact) mass is 247 g/mol. The maximum atomic E-state index is 5.34. The summed E-state index contributed by atoms with van der Waals surface area (Å²) in [7, 11) is 1.77. The Labute approximate surface area is 111 Å². The number of hydrogen-bond donors (Lipinski definition) is 1. The van der Waals surface area contributed by atoms with Gasteiger partial charge in [0.15, 0.2) is 0 Å². The van der Waals surface area contributed by atoms with Crippen LogP contribution in [0.5, 0.6) is 0 Å². The Morgan fingerprint density at radius 3 is 2.67 bits per heavy atom. The summed E-state index contributed by atoms with van der Waals surface area (Å²) in [6, 6.07) is 10.9. The molecule has 2 rings (SSSR count). The van der Waals surface area contributed by atoms with Crippen LogP contribution in [0.1, 0.15) is 37.8 Å². The van der Waals surface area contributed by atoms with Crippen molar-refractivity contribution in [1.29, 1.82) is 0 Å². The van der Waals surface area contributed by atoms with Crippen LogP contribution in [0.3, 0.4) is 0 Å². The minimum absolute atomic E-state index is 0.323. The van der Waals surface area contributed by atoms with Crippen LogP contribution < -0.4 is 5.32 Å². The summed E-state index contributed by atoms with van der Waals surface area (Å²) >= 11 is 0. The minimum atomic E-state index is 0.323. The zero-order valence-corrected chi connectivity index (χ0v) is 11.6. The third-order valence-corrected chi connectivity index (χ3v) is 4.20. The second-order valence-electron chi connectivity index (χ2n) is 5.50. The molecule has 1 aromatic rings. The van der Waals surface area contributed by atoms with Crippen molar-refractivity contribution in [3.63, 3.8) is 0 Å². The summed E-state index contributed by atoms with van der Waals surface area (Å²) < 4.78 is 5.34. The van der Waals surface area contributed by atoms with Gasteiger partial charge in [-0.15, -0.1) is 0 Å². The molecule has 2 heteroatoms. The van der Waals surface area contributed by atoms with Gasteiger partial charge in [-0.05, 0) is 30.4 Å². The Balaban J connectivity index is 1.90. The first kappa shape index (κ1) is 13.6. The molecule has 3 unspecified atom stereocenters. The van der Waals surface area contributed by atoms with Gasteiger partial charge in [0.05, 0.1) is 12.6 Å². The minimum Gasteiger partial charge on any atom is -0.383 e. The molecule has 0 heterocycles. The van der Waals surface area contributed by atoms with Crippen molar-refractivity contribution >= 4 is 0 Å². The molecule has 0 spiro atoms. The molecule has 0 amide bonds. The summed E-state index contributed by atoms with van der Waals surface area (Å²) in [5.41, 5.74) is 1.32. The van der Waals surface area contributed by atoms with Crippen molar-refractivity contribution in [2.45, 2.75) is 32.2 Å². The van der Waals surface area contributed by atoms with Crippen molar-refractivity contribution in [3.8, 4) is 0 Å². The number of ether oxygens (including phenoxy) is 1. The summed E-state index contributed by atoms with van der Waals surface area (Å²) in [5, 5.41) is 3.68. The van der Waals surface area contributed by atoms with Crippen LogP contribution in [-0.4, -0.2) is 20.3 Å². The van der Waals surface area contributed by atoms with Crippen molar-refractivity contribution in [1.82, 2.24) is 5.32 Å². The third kappa shape index (κ3) is 3.56. The van der Waals surface area contributed by atoms with E-state index < -0.39 is 0 Å². The maximum Gasteiger partial charge on any atom is 0.0657 e. The second-order valence-corrected chi connectivity index (χ2v) is 5.50. The van der Waals surface area contributed by atoms with E-state index in [-0.39, 0.29) is 0 Å². The maximum absolute atomic E-state index is 5.34. The van der Waals surface area contributed by atoms with Gasteiger partial charge in [0.2, 0.25) is 0 Å². The summed E-state index contributed by atoms with van der Waals surface area (Å²) in [6.07, 6.45) is 4.17. The van der Waals surface area contributed by atoms with Gasteiger partial charge in [-0.2, -0.15) is 0 Å². The fourth-order valence-corrected chi connectivity index (χ4v) is 2.94. The average molecular weight is 247 g/mol. The molecule has 18 heavy (non-hydrogen) atoms. The van der Waals surface area contributed by atoms with Crippen LogP contribution in [0.4, 0.5) is 0 Å². The summed E-state index contributed by atoms with van der Waals surface area (Å²) in [4.78, 5) is 0. The predicted octanol–water partition coefficient (Wildman–Crippen LogP) is 3.40. The van der Waals surface area contributed by atoms with Crippen molar-refractivity contribution < 1.29 is 4.74 Å². The highest BCUT2D eigenvalue weighted by Crippen LogP contribution is 2.31. The van der Waals surface area contributed by atoms with Gasteiger partial charge in [0.1, 0.15) is 0 Å². The molecule has 0 aromatic heterocycles. The molecule has 3 atom stereocenters. The van der Waals surface area contributed by atoms with Gasteiger partial charge >= 0.3 is 0 Å². The molecule has 0 bridgehead atoms. The van der Waals surface area contributed by atoms with Crippen LogP contribution >= 0.6 is 0 Å². The van der Waals surface area contributed by atoms with Gasteiger partial charge in [-0.1, -0.05) is 50.1 Å². The highest BCUT2D eigenvalue weighted by atomic mass is 16.5. The smallest absolute Gasteiger partial charge is 0.0657 e. The molecule has 1 aliphatic carbocycles. The number of rotatable bonds is 6. The largest absolute Gasteiger partial charge is 0.383 e. The van der Waals surface area contributed by atoms with Crippen LogP contribution in [0, 0.1) is 11.8 Å². The molecule has 0 saturated heterocycles. The molecule has 100 valence electrons. The molecular formula is C16H25NO. The molecule has 1 aromatic carbocycles. The standard InChI is InChI=1S/C16H25NO/c1-13-7-6-10-15(13)11-17-16(12-18-2)14-8-4-3-5-9-14/h3-5,8-9,13,15-17H,6-7,10-12H2,1-2H3. The Kier molecular flexibility index (Phi) is 5.21. The number of benzene rings is 1. The first-order chi connectivity index (χ1) is 8.81. The molecule has 1 fully saturated rings. The molecule has 1 aliphatic rings. The van der Waals surface area contributed by atoms with E-state index in [1.165, 1.54) is 24.8 Å². The zero-order valence-electron chi connectivity index (χ0n) is 11.6. The topological polar surface area (TPSA) is 21.3 Å². The Morgan fingerprint density at radius 2 is 2.06 bits per heavy atom. The molecule has 0 radical (unpaired) electrons. The van der Waals surface area contributed by atoms with Crippen LogP contribution in [-0.2, 0) is 4.74 Å². The highest BCUT2D eigenvalue weighted by molar-refractivity contribution is 5.18. The van der Waals surface area contributed by atoms with E-state index in [2.05, 4.69) is 42.6 Å². The fourth-order valence-electron chi connectivity index (χ4n) is 2.94. The van der Waals surface area contributed by atoms with Gasteiger partial charge in [0.25, 0.3) is 0 Å². The summed E-state index contributed by atoms with van der Waals surface area (Å²) in [6.45, 7) is 4.24. The molecule has 1 N–H and O–H groups in total. The van der Waals surface area contributed by atoms with Gasteiger partial charge < -0.3 is 10.1 Å². The van der Waals surface area contributed by atoms with Gasteiger partial charge in [0, 0.05) is 7.11 Å². The summed E-state index contributed by atoms with van der Waals surface area (Å²) in [5.74, 6) is 1.71. The Bertz CT molecular complexity index is 338. The predicted molar refractivity (Wildman–Crippen MR) is 75.6 cm³/mol. The van der Waals surface area contributed by atoms with Crippen molar-refractivity contribution in [2.24, 2.45) is 11.8 Å². The van der Waals surface area contributed by atoms with E-state index in [0.717, 1.165) is 25.0 Å². The number of nitrogens with one attached hydrogen (secondary N) is 1. The lowest BCUT2D eigenvalue weighted by Crippen LogP contribution is -2.31. The molecule has 1 saturated carbocycles. The number of hydrogen-bond acceptors (Lipinski definition) is 2. The van der Waals surface area contributed by atoms with E-state index in [1.54, 1.807) is 7.11 Å². The highest BCUT2D eigenvalue weighted by Gasteiger charge is 2.24. The van der Waals surface area contributed by atoms with E-state index in [4.69, 9.17) is 4.74 Å².